The van der Waals surface area contributed by atoms with Crippen molar-refractivity contribution in [3.8, 4) is 11.4 Å². The molecule has 7 nitrogen and oxygen atoms in total. The van der Waals surface area contributed by atoms with Crippen LogP contribution in [-0.4, -0.2) is 59.6 Å². The van der Waals surface area contributed by atoms with Crippen molar-refractivity contribution < 1.29 is 8.42 Å². The Morgan fingerprint density at radius 1 is 1.26 bits per heavy atom. The molecule has 2 aromatic heterocycles. The van der Waals surface area contributed by atoms with E-state index in [1.165, 1.54) is 10.6 Å². The molecule has 3 heterocycles. The number of pyridine rings is 1. The van der Waals surface area contributed by atoms with Gasteiger partial charge in [0, 0.05) is 37.4 Å². The van der Waals surface area contributed by atoms with Gasteiger partial charge in [0.25, 0.3) is 0 Å². The number of fused-ring (bicyclic) bond motifs is 1. The monoisotopic (exact) mass is 405 g/mol. The van der Waals surface area contributed by atoms with E-state index in [1.807, 2.05) is 37.3 Å². The summed E-state index contributed by atoms with van der Waals surface area (Å²) in [7, 11) is -3.20. The highest BCUT2D eigenvalue weighted by atomic mass is 35.5. The van der Waals surface area contributed by atoms with Crippen LogP contribution in [0.1, 0.15) is 6.92 Å². The first-order valence-corrected chi connectivity index (χ1v) is 10.9. The molecule has 142 valence electrons. The third kappa shape index (κ3) is 3.52. The van der Waals surface area contributed by atoms with Gasteiger partial charge in [0.15, 0.2) is 0 Å². The topological polar surface area (TPSA) is 82.2 Å². The molecule has 1 atom stereocenters. The van der Waals surface area contributed by atoms with Crippen LogP contribution in [0.2, 0.25) is 5.02 Å². The lowest BCUT2D eigenvalue weighted by Gasteiger charge is -2.39. The highest BCUT2D eigenvalue weighted by Crippen LogP contribution is 2.30. The lowest BCUT2D eigenvalue weighted by Crippen LogP contribution is -2.53. The second-order valence-electron chi connectivity index (χ2n) is 6.79. The summed E-state index contributed by atoms with van der Waals surface area (Å²) in [4.78, 5) is 14.4. The molecule has 1 aliphatic heterocycles. The fraction of sp³-hybridized carbons (Fsp3) is 0.333. The first kappa shape index (κ1) is 18.2. The number of anilines is 1. The normalized spacial score (nSPS) is 18.9. The zero-order valence-corrected chi connectivity index (χ0v) is 16.6. The summed E-state index contributed by atoms with van der Waals surface area (Å²) in [5, 5.41) is 0.514. The molecule has 0 radical (unpaired) electrons. The van der Waals surface area contributed by atoms with E-state index < -0.39 is 10.0 Å². The van der Waals surface area contributed by atoms with E-state index in [9.17, 15) is 8.42 Å². The number of nitrogens with one attached hydrogen (secondary N) is 1. The van der Waals surface area contributed by atoms with Crippen LogP contribution >= 0.6 is 11.6 Å². The van der Waals surface area contributed by atoms with Gasteiger partial charge < -0.3 is 9.88 Å². The zero-order chi connectivity index (χ0) is 19.2. The summed E-state index contributed by atoms with van der Waals surface area (Å²) in [5.41, 5.74) is 2.59. The second-order valence-corrected chi connectivity index (χ2v) is 9.14. The van der Waals surface area contributed by atoms with Crippen molar-refractivity contribution in [1.82, 2.24) is 19.3 Å². The maximum absolute atomic E-state index is 11.9. The van der Waals surface area contributed by atoms with E-state index in [1.54, 1.807) is 6.20 Å². The van der Waals surface area contributed by atoms with Crippen LogP contribution in [0, 0.1) is 0 Å². The Hall–Kier alpha value is -2.16. The van der Waals surface area contributed by atoms with E-state index in [2.05, 4.69) is 19.9 Å². The molecule has 1 saturated heterocycles. The first-order valence-electron chi connectivity index (χ1n) is 8.65. The van der Waals surface area contributed by atoms with Crippen molar-refractivity contribution in [3.05, 3.63) is 41.6 Å². The Labute approximate surface area is 163 Å². The Morgan fingerprint density at radius 2 is 2.04 bits per heavy atom. The summed E-state index contributed by atoms with van der Waals surface area (Å²) >= 11 is 6.38. The number of halogens is 1. The number of imidazole rings is 1. The first-order chi connectivity index (χ1) is 12.8. The van der Waals surface area contributed by atoms with Crippen molar-refractivity contribution >= 4 is 38.5 Å². The predicted molar refractivity (Wildman–Crippen MR) is 108 cm³/mol. The van der Waals surface area contributed by atoms with E-state index in [4.69, 9.17) is 11.6 Å². The molecule has 1 fully saturated rings. The van der Waals surface area contributed by atoms with Crippen LogP contribution < -0.4 is 4.90 Å². The molecule has 0 spiro atoms. The van der Waals surface area contributed by atoms with Gasteiger partial charge in [-0.3, -0.25) is 0 Å². The van der Waals surface area contributed by atoms with E-state index in [0.717, 1.165) is 22.4 Å². The number of rotatable bonds is 3. The molecule has 0 amide bonds. The number of aromatic nitrogens is 3. The maximum Gasteiger partial charge on any atom is 0.211 e. The highest BCUT2D eigenvalue weighted by Gasteiger charge is 2.30. The Balaban J connectivity index is 1.65. The molecule has 0 saturated carbocycles. The van der Waals surface area contributed by atoms with Crippen LogP contribution in [0.3, 0.4) is 0 Å². The predicted octanol–water partition coefficient (Wildman–Crippen LogP) is 2.75. The molecule has 0 bridgehead atoms. The van der Waals surface area contributed by atoms with Crippen LogP contribution in [0.5, 0.6) is 0 Å². The van der Waals surface area contributed by atoms with Gasteiger partial charge in [-0.1, -0.05) is 23.7 Å². The van der Waals surface area contributed by atoms with Crippen LogP contribution in [0.15, 0.2) is 36.5 Å². The Bertz CT molecular complexity index is 1070. The van der Waals surface area contributed by atoms with Gasteiger partial charge in [-0.15, -0.1) is 0 Å². The fourth-order valence-electron chi connectivity index (χ4n) is 3.50. The van der Waals surface area contributed by atoms with E-state index >= 15 is 0 Å². The number of piperazine rings is 1. The van der Waals surface area contributed by atoms with Crippen molar-refractivity contribution in [2.75, 3.05) is 30.8 Å². The molecule has 1 N–H and O–H groups in total. The van der Waals surface area contributed by atoms with Crippen molar-refractivity contribution in [2.24, 2.45) is 0 Å². The summed E-state index contributed by atoms with van der Waals surface area (Å²) in [6.07, 6.45) is 2.87. The molecule has 0 unspecified atom stereocenters. The SMILES string of the molecule is C[C@H]1CN(c2cc(-c3nc4ccccc4[nH]3)c(Cl)cn2)CCN1S(C)(=O)=O. The summed E-state index contributed by atoms with van der Waals surface area (Å²) in [5.74, 6) is 1.45. The van der Waals surface area contributed by atoms with Crippen LogP contribution in [-0.2, 0) is 10.0 Å². The van der Waals surface area contributed by atoms with E-state index in [0.29, 0.717) is 30.5 Å². The molecule has 4 rings (SSSR count). The third-order valence-electron chi connectivity index (χ3n) is 4.80. The average molecular weight is 406 g/mol. The minimum atomic E-state index is -3.20. The lowest BCUT2D eigenvalue weighted by molar-refractivity contribution is 0.308. The number of nitrogens with zero attached hydrogens (tertiary/aromatic N) is 4. The minimum Gasteiger partial charge on any atom is -0.354 e. The third-order valence-corrected chi connectivity index (χ3v) is 6.50. The number of H-pyrrole nitrogens is 1. The van der Waals surface area contributed by atoms with Crippen LogP contribution in [0.25, 0.3) is 22.4 Å². The molecule has 9 heteroatoms. The average Bonchev–Trinajstić information content (AvgIpc) is 3.04. The molecule has 1 aromatic carbocycles. The molecular weight excluding hydrogens is 386 g/mol. The van der Waals surface area contributed by atoms with Gasteiger partial charge in [-0.05, 0) is 25.1 Å². The summed E-state index contributed by atoms with van der Waals surface area (Å²) < 4.78 is 25.3. The lowest BCUT2D eigenvalue weighted by atomic mass is 10.2. The number of aromatic amines is 1. The number of para-hydroxylation sites is 2. The summed E-state index contributed by atoms with van der Waals surface area (Å²) in [6.45, 7) is 3.49. The van der Waals surface area contributed by atoms with Gasteiger partial charge in [0.2, 0.25) is 10.0 Å². The zero-order valence-electron chi connectivity index (χ0n) is 15.1. The Kier molecular flexibility index (Phi) is 4.57. The van der Waals surface area contributed by atoms with Gasteiger partial charge in [-0.25, -0.2) is 18.4 Å². The van der Waals surface area contributed by atoms with Crippen LogP contribution in [0.4, 0.5) is 5.82 Å². The molecule has 27 heavy (non-hydrogen) atoms. The van der Waals surface area contributed by atoms with Gasteiger partial charge in [0.1, 0.15) is 11.6 Å². The van der Waals surface area contributed by atoms with Gasteiger partial charge in [-0.2, -0.15) is 4.31 Å². The van der Waals surface area contributed by atoms with Crippen molar-refractivity contribution in [1.29, 1.82) is 0 Å². The number of sulfonamides is 1. The fourth-order valence-corrected chi connectivity index (χ4v) is 4.83. The standard InChI is InChI=1S/C18H20ClN5O2S/c1-12-11-23(7-8-24(12)27(2,25)26)17-9-13(14(19)10-20-17)18-21-15-5-3-4-6-16(15)22-18/h3-6,9-10,12H,7-8,11H2,1-2H3,(H,21,22)/t12-/m0/s1. The number of benzene rings is 1. The largest absolute Gasteiger partial charge is 0.354 e. The quantitative estimate of drug-likeness (QED) is 0.724. The van der Waals surface area contributed by atoms with Gasteiger partial charge >= 0.3 is 0 Å². The smallest absolute Gasteiger partial charge is 0.211 e. The summed E-state index contributed by atoms with van der Waals surface area (Å²) in [6, 6.07) is 9.58. The molecule has 0 aliphatic carbocycles. The Morgan fingerprint density at radius 3 is 2.74 bits per heavy atom. The van der Waals surface area contributed by atoms with E-state index in [-0.39, 0.29) is 6.04 Å². The van der Waals surface area contributed by atoms with Crippen molar-refractivity contribution in [2.45, 2.75) is 13.0 Å². The van der Waals surface area contributed by atoms with Crippen molar-refractivity contribution in [3.63, 3.8) is 0 Å². The maximum atomic E-state index is 11.9. The second kappa shape index (κ2) is 6.78. The molecule has 1 aliphatic rings. The molecule has 3 aromatic rings. The number of hydrogen-bond donors (Lipinski definition) is 1. The van der Waals surface area contributed by atoms with Gasteiger partial charge in [0.05, 0.1) is 22.3 Å². The number of hydrogen-bond acceptors (Lipinski definition) is 5. The highest BCUT2D eigenvalue weighted by molar-refractivity contribution is 7.88. The minimum absolute atomic E-state index is 0.124. The molecular formula is C18H20ClN5O2S.